The summed E-state index contributed by atoms with van der Waals surface area (Å²) >= 11 is 0. The number of carbonyl (C=O) groups excluding carboxylic acids is 1. The summed E-state index contributed by atoms with van der Waals surface area (Å²) in [4.78, 5) is 16.7. The van der Waals surface area contributed by atoms with Crippen LogP contribution < -0.4 is 5.46 Å². The lowest BCUT2D eigenvalue weighted by atomic mass is 9.77. The fourth-order valence-corrected chi connectivity index (χ4v) is 3.59. The molecule has 0 saturated heterocycles. The Balaban J connectivity index is 1.66. The van der Waals surface area contributed by atoms with Gasteiger partial charge in [0.2, 0.25) is 0 Å². The summed E-state index contributed by atoms with van der Waals surface area (Å²) < 4.78 is 47.5. The van der Waals surface area contributed by atoms with E-state index in [2.05, 4.69) is 10.1 Å². The van der Waals surface area contributed by atoms with Crippen LogP contribution in [0.3, 0.4) is 0 Å². The third-order valence-electron chi connectivity index (χ3n) is 5.04. The second-order valence-electron chi connectivity index (χ2n) is 7.54. The van der Waals surface area contributed by atoms with Crippen LogP contribution in [0.2, 0.25) is 0 Å². The largest absolute Gasteiger partial charge is 0.492 e. The maximum Gasteiger partial charge on any atom is 0.492 e. The van der Waals surface area contributed by atoms with Gasteiger partial charge < -0.3 is 9.68 Å². The van der Waals surface area contributed by atoms with Crippen LogP contribution in [0.25, 0.3) is 5.82 Å². The SMILES string of the molecule is CC1(C)OB(O)c2cc(CC(=O)c3cnc(-n4cccn4)cc3C(F)(F)F)ccc21. The van der Waals surface area contributed by atoms with Crippen molar-refractivity contribution in [3.8, 4) is 5.82 Å². The maximum absolute atomic E-state index is 13.6. The van der Waals surface area contributed by atoms with Crippen LogP contribution in [-0.2, 0) is 22.9 Å². The Bertz CT molecular complexity index is 1110. The molecule has 0 amide bonds. The topological polar surface area (TPSA) is 77.2 Å². The van der Waals surface area contributed by atoms with Gasteiger partial charge in [-0.1, -0.05) is 18.2 Å². The molecule has 1 aliphatic rings. The fourth-order valence-electron chi connectivity index (χ4n) is 3.59. The molecule has 2 aromatic heterocycles. The molecule has 6 nitrogen and oxygen atoms in total. The lowest BCUT2D eigenvalue weighted by Gasteiger charge is -2.19. The summed E-state index contributed by atoms with van der Waals surface area (Å²) in [7, 11) is -1.15. The Kier molecular flexibility index (Phi) is 4.78. The van der Waals surface area contributed by atoms with Crippen molar-refractivity contribution < 1.29 is 27.6 Å². The summed E-state index contributed by atoms with van der Waals surface area (Å²) in [6, 6.07) is 7.33. The summed E-state index contributed by atoms with van der Waals surface area (Å²) in [5.41, 5.74) is -0.522. The maximum atomic E-state index is 13.6. The molecule has 0 atom stereocenters. The highest BCUT2D eigenvalue weighted by atomic mass is 19.4. The quantitative estimate of drug-likeness (QED) is 0.524. The van der Waals surface area contributed by atoms with E-state index in [4.69, 9.17) is 4.65 Å². The number of fused-ring (bicyclic) bond motifs is 1. The third kappa shape index (κ3) is 3.64. The Morgan fingerprint density at radius 1 is 1.30 bits per heavy atom. The molecule has 0 bridgehead atoms. The number of pyridine rings is 1. The number of hydrogen-bond acceptors (Lipinski definition) is 5. The van der Waals surface area contributed by atoms with E-state index in [1.807, 2.05) is 0 Å². The van der Waals surface area contributed by atoms with Gasteiger partial charge in [-0.05, 0) is 42.6 Å². The number of hydrogen-bond donors (Lipinski definition) is 1. The van der Waals surface area contributed by atoms with Gasteiger partial charge in [0, 0.05) is 30.6 Å². The van der Waals surface area contributed by atoms with Crippen LogP contribution in [0.4, 0.5) is 13.2 Å². The molecule has 3 aromatic rings. The minimum Gasteiger partial charge on any atom is -0.423 e. The van der Waals surface area contributed by atoms with Crippen molar-refractivity contribution in [3.05, 3.63) is 71.2 Å². The summed E-state index contributed by atoms with van der Waals surface area (Å²) in [6.45, 7) is 3.60. The van der Waals surface area contributed by atoms with Crippen LogP contribution in [0.5, 0.6) is 0 Å². The molecular weight excluding hydrogens is 398 g/mol. The van der Waals surface area contributed by atoms with E-state index in [1.54, 1.807) is 38.1 Å². The van der Waals surface area contributed by atoms with E-state index < -0.39 is 35.8 Å². The van der Waals surface area contributed by atoms with Crippen LogP contribution in [0.1, 0.15) is 40.9 Å². The number of carbonyl (C=O) groups is 1. The molecule has 4 rings (SSSR count). The van der Waals surface area contributed by atoms with Crippen molar-refractivity contribution in [3.63, 3.8) is 0 Å². The number of alkyl halides is 3. The first-order valence-electron chi connectivity index (χ1n) is 9.16. The standard InChI is InChI=1S/C20H17BF3N3O3/c1-19(2)14-5-4-12(8-16(14)21(29)30-19)9-17(28)13-11-25-18(27-7-3-6-26-27)10-15(13)20(22,23)24/h3-8,10-11,29H,9H2,1-2H3. The van der Waals surface area contributed by atoms with Crippen molar-refractivity contribution in [2.24, 2.45) is 0 Å². The van der Waals surface area contributed by atoms with E-state index in [9.17, 15) is 23.0 Å². The van der Waals surface area contributed by atoms with Gasteiger partial charge in [-0.25, -0.2) is 9.67 Å². The van der Waals surface area contributed by atoms with Crippen molar-refractivity contribution >= 4 is 18.4 Å². The normalized spacial score (nSPS) is 15.3. The molecule has 0 unspecified atom stereocenters. The number of benzene rings is 1. The van der Waals surface area contributed by atoms with Gasteiger partial charge in [-0.15, -0.1) is 0 Å². The fraction of sp³-hybridized carbons (Fsp3) is 0.250. The summed E-state index contributed by atoms with van der Waals surface area (Å²) in [5, 5.41) is 14.0. The molecule has 0 spiro atoms. The first kappa shape index (κ1) is 20.3. The summed E-state index contributed by atoms with van der Waals surface area (Å²) in [5.74, 6) is -0.765. The van der Waals surface area contributed by atoms with E-state index in [0.29, 0.717) is 11.0 Å². The predicted octanol–water partition coefficient (Wildman–Crippen LogP) is 2.66. The predicted molar refractivity (Wildman–Crippen MR) is 103 cm³/mol. The molecule has 3 heterocycles. The lowest BCUT2D eigenvalue weighted by Crippen LogP contribution is -2.29. The van der Waals surface area contributed by atoms with E-state index in [-0.39, 0.29) is 12.2 Å². The zero-order valence-electron chi connectivity index (χ0n) is 16.1. The van der Waals surface area contributed by atoms with E-state index in [0.717, 1.165) is 17.8 Å². The molecule has 10 heteroatoms. The second kappa shape index (κ2) is 7.07. The van der Waals surface area contributed by atoms with Gasteiger partial charge >= 0.3 is 13.3 Å². The number of aromatic nitrogens is 3. The first-order valence-corrected chi connectivity index (χ1v) is 9.16. The highest BCUT2D eigenvalue weighted by Crippen LogP contribution is 2.34. The van der Waals surface area contributed by atoms with E-state index >= 15 is 0 Å². The zero-order chi connectivity index (χ0) is 21.7. The number of Topliss-reactive ketones (excluding diaryl/α,β-unsaturated/α-hetero) is 1. The van der Waals surface area contributed by atoms with Crippen molar-refractivity contribution in [2.75, 3.05) is 0 Å². The summed E-state index contributed by atoms with van der Waals surface area (Å²) in [6.07, 6.45) is -1.20. The highest BCUT2D eigenvalue weighted by Gasteiger charge is 2.41. The molecule has 1 aromatic carbocycles. The average molecular weight is 415 g/mol. The van der Waals surface area contributed by atoms with Crippen molar-refractivity contribution in [2.45, 2.75) is 32.0 Å². The second-order valence-corrected chi connectivity index (χ2v) is 7.54. The van der Waals surface area contributed by atoms with Crippen LogP contribution in [0, 0.1) is 0 Å². The first-order chi connectivity index (χ1) is 14.1. The minimum atomic E-state index is -4.73. The minimum absolute atomic E-state index is 0.0380. The number of nitrogens with zero attached hydrogens (tertiary/aromatic N) is 3. The van der Waals surface area contributed by atoms with Gasteiger partial charge in [-0.3, -0.25) is 4.79 Å². The molecule has 30 heavy (non-hydrogen) atoms. The molecule has 0 aliphatic carbocycles. The Morgan fingerprint density at radius 2 is 2.07 bits per heavy atom. The lowest BCUT2D eigenvalue weighted by molar-refractivity contribution is -0.138. The van der Waals surface area contributed by atoms with E-state index in [1.165, 1.54) is 17.1 Å². The number of ketones is 1. The van der Waals surface area contributed by atoms with Crippen LogP contribution >= 0.6 is 0 Å². The molecule has 1 aliphatic heterocycles. The van der Waals surface area contributed by atoms with Gasteiger partial charge in [0.15, 0.2) is 11.6 Å². The monoisotopic (exact) mass is 415 g/mol. The molecule has 0 radical (unpaired) electrons. The van der Waals surface area contributed by atoms with Gasteiger partial charge in [0.05, 0.1) is 11.2 Å². The van der Waals surface area contributed by atoms with Crippen LogP contribution in [-0.4, -0.2) is 32.7 Å². The molecule has 1 N–H and O–H groups in total. The number of rotatable bonds is 4. The van der Waals surface area contributed by atoms with Gasteiger partial charge in [0.1, 0.15) is 0 Å². The molecular formula is C20H17BF3N3O3. The van der Waals surface area contributed by atoms with Gasteiger partial charge in [-0.2, -0.15) is 18.3 Å². The van der Waals surface area contributed by atoms with Gasteiger partial charge in [0.25, 0.3) is 0 Å². The number of halogens is 3. The smallest absolute Gasteiger partial charge is 0.423 e. The Morgan fingerprint density at radius 3 is 2.73 bits per heavy atom. The van der Waals surface area contributed by atoms with Crippen molar-refractivity contribution in [1.29, 1.82) is 0 Å². The van der Waals surface area contributed by atoms with Crippen LogP contribution in [0.15, 0.2) is 48.9 Å². The molecule has 154 valence electrons. The van der Waals surface area contributed by atoms with Crippen molar-refractivity contribution in [1.82, 2.24) is 14.8 Å². The zero-order valence-corrected chi connectivity index (χ0v) is 16.1. The highest BCUT2D eigenvalue weighted by molar-refractivity contribution is 6.62. The Labute approximate surface area is 170 Å². The molecule has 0 saturated carbocycles. The Hall–Kier alpha value is -2.98. The average Bonchev–Trinajstić information content (AvgIpc) is 3.27. The third-order valence-corrected chi connectivity index (χ3v) is 5.04. The molecule has 0 fully saturated rings.